The minimum atomic E-state index is 0.196. The summed E-state index contributed by atoms with van der Waals surface area (Å²) >= 11 is 20.4. The predicted octanol–water partition coefficient (Wildman–Crippen LogP) is 6.29. The van der Waals surface area contributed by atoms with Gasteiger partial charge < -0.3 is 49.7 Å². The number of thiocarbonyl (C=S) groups is 2. The average Bonchev–Trinajstić information content (AvgIpc) is 2.62. The van der Waals surface area contributed by atoms with Gasteiger partial charge in [0.15, 0.2) is 0 Å². The van der Waals surface area contributed by atoms with Gasteiger partial charge in [-0.2, -0.15) is 0 Å². The number of benzene rings is 2. The topological polar surface area (TPSA) is 17.1 Å². The summed E-state index contributed by atoms with van der Waals surface area (Å²) in [7, 11) is 0. The van der Waals surface area contributed by atoms with Crippen LogP contribution in [0.25, 0.3) is 0 Å². The summed E-state index contributed by atoms with van der Waals surface area (Å²) < 4.78 is 9.34. The van der Waals surface area contributed by atoms with E-state index in [0.29, 0.717) is 28.2 Å². The molecule has 28 heavy (non-hydrogen) atoms. The Balaban J connectivity index is 0.000000478. The van der Waals surface area contributed by atoms with Gasteiger partial charge >= 0.3 is 23.2 Å². The van der Waals surface area contributed by atoms with Gasteiger partial charge in [-0.1, -0.05) is 90.1 Å². The Kier molecular flexibility index (Phi) is 12.1. The van der Waals surface area contributed by atoms with E-state index in [1.807, 2.05) is 24.3 Å². The second-order valence-electron chi connectivity index (χ2n) is 8.23. The van der Waals surface area contributed by atoms with Crippen LogP contribution in [0.5, 0.6) is 0 Å². The Bertz CT molecular complexity index is 703. The van der Waals surface area contributed by atoms with Gasteiger partial charge in [0, 0.05) is 0 Å². The van der Waals surface area contributed by atoms with E-state index in [1.54, 1.807) is 0 Å². The van der Waals surface area contributed by atoms with E-state index in [9.17, 15) is 0 Å². The molecule has 0 spiro atoms. The molecule has 0 amide bonds. The van der Waals surface area contributed by atoms with Crippen molar-refractivity contribution >= 4 is 58.1 Å². The van der Waals surface area contributed by atoms with Crippen molar-refractivity contribution in [2.75, 3.05) is 0 Å². The van der Waals surface area contributed by atoms with Crippen LogP contribution in [0.2, 0.25) is 0 Å². The van der Waals surface area contributed by atoms with Crippen molar-refractivity contribution in [3.05, 3.63) is 70.8 Å². The maximum atomic E-state index is 8.26. The molecular weight excluding hydrogens is 504 g/mol. The molecule has 0 radical (unpaired) electrons. The van der Waals surface area contributed by atoms with Gasteiger partial charge in [0.1, 0.15) is 0 Å². The Labute approximate surface area is 203 Å². The van der Waals surface area contributed by atoms with Crippen LogP contribution in [-0.2, 0) is 59.3 Å². The zero-order chi connectivity index (χ0) is 22.1. The van der Waals surface area contributed by atoms with Gasteiger partial charge in [0.25, 0.3) is 0 Å². The molecule has 150 valence electrons. The first-order chi connectivity index (χ1) is 12.8. The third kappa shape index (κ3) is 9.84. The molecule has 0 saturated heterocycles. The van der Waals surface area contributed by atoms with Crippen molar-refractivity contribution in [3.8, 4) is 0 Å². The molecule has 0 bridgehead atoms. The van der Waals surface area contributed by atoms with Gasteiger partial charge in [0.05, 0.1) is 0 Å². The minimum absolute atomic E-state index is 0.196. The number of hydrogen-bond donors (Lipinski definition) is 0. The zero-order valence-electron chi connectivity index (χ0n) is 17.1. The first kappa shape index (κ1) is 27.5. The van der Waals surface area contributed by atoms with Crippen molar-refractivity contribution in [1.29, 1.82) is 0 Å². The van der Waals surface area contributed by atoms with E-state index in [2.05, 4.69) is 65.8 Å². The second kappa shape index (κ2) is 12.3. The van der Waals surface area contributed by atoms with Gasteiger partial charge in [-0.05, 0) is 33.1 Å². The zero-order valence-corrected chi connectivity index (χ0v) is 22.3. The fraction of sp³-hybridized carbons (Fsp3) is 0.364. The number of rotatable bonds is 2. The van der Waals surface area contributed by atoms with E-state index in [4.69, 9.17) is 53.1 Å². The summed E-state index contributed by atoms with van der Waals surface area (Å²) in [6, 6.07) is 16.3. The average molecular weight is 531 g/mol. The third-order valence-corrected chi connectivity index (χ3v) is 4.92. The Morgan fingerprint density at radius 2 is 0.857 bits per heavy atom. The van der Waals surface area contributed by atoms with Gasteiger partial charge in [-0.15, -0.1) is 8.39 Å². The van der Waals surface area contributed by atoms with Crippen LogP contribution in [-0.4, -0.2) is 8.39 Å². The molecule has 6 heteroatoms. The molecule has 2 aromatic carbocycles. The van der Waals surface area contributed by atoms with Crippen LogP contribution in [0.1, 0.15) is 63.8 Å². The summed E-state index contributed by atoms with van der Waals surface area (Å²) in [5, 5.41) is 0. The van der Waals surface area contributed by atoms with Crippen molar-refractivity contribution < 1.29 is 23.2 Å². The Morgan fingerprint density at radius 1 is 0.643 bits per heavy atom. The van der Waals surface area contributed by atoms with Crippen LogP contribution < -0.4 is 0 Å². The van der Waals surface area contributed by atoms with Crippen molar-refractivity contribution in [2.45, 2.75) is 52.4 Å². The molecule has 0 fully saturated rings. The van der Waals surface area contributed by atoms with Crippen LogP contribution in [0.4, 0.5) is 0 Å². The third-order valence-electron chi connectivity index (χ3n) is 3.97. The molecule has 2 rings (SSSR count). The molecule has 0 saturated carbocycles. The quantitative estimate of drug-likeness (QED) is 0.257. The molecular formula is C22H26MoOS4. The molecule has 0 aliphatic rings. The number of hydrogen-bond acceptors (Lipinski definition) is 5. The van der Waals surface area contributed by atoms with E-state index in [0.717, 1.165) is 11.1 Å². The van der Waals surface area contributed by atoms with Gasteiger partial charge in [-0.25, -0.2) is 0 Å². The van der Waals surface area contributed by atoms with Crippen molar-refractivity contribution in [2.24, 2.45) is 0 Å². The second-order valence-corrected chi connectivity index (χ2v) is 10.4. The molecule has 0 unspecified atom stereocenters. The van der Waals surface area contributed by atoms with E-state index in [1.165, 1.54) is 11.1 Å². The molecule has 0 heterocycles. The predicted molar refractivity (Wildman–Crippen MR) is 129 cm³/mol. The fourth-order valence-electron chi connectivity index (χ4n) is 2.21. The van der Waals surface area contributed by atoms with Gasteiger partial charge in [0.2, 0.25) is 0 Å². The summed E-state index contributed by atoms with van der Waals surface area (Å²) in [4.78, 5) is 0. The van der Waals surface area contributed by atoms with E-state index < -0.39 is 0 Å². The van der Waals surface area contributed by atoms with Crippen LogP contribution in [0, 0.1) is 0 Å². The molecule has 2 aromatic rings. The van der Waals surface area contributed by atoms with Gasteiger partial charge in [-0.3, -0.25) is 0 Å². The Morgan fingerprint density at radius 3 is 1.00 bits per heavy atom. The summed E-state index contributed by atoms with van der Waals surface area (Å²) in [5.41, 5.74) is 4.95. The van der Waals surface area contributed by atoms with E-state index >= 15 is 0 Å². The first-order valence-corrected chi connectivity index (χ1v) is 11.1. The van der Waals surface area contributed by atoms with Crippen molar-refractivity contribution in [1.82, 2.24) is 0 Å². The molecule has 0 aliphatic heterocycles. The van der Waals surface area contributed by atoms with Crippen LogP contribution in [0.15, 0.2) is 48.5 Å². The molecule has 1 nitrogen and oxygen atoms in total. The molecule has 0 aromatic heterocycles. The summed E-state index contributed by atoms with van der Waals surface area (Å²) in [5.74, 6) is 0. The van der Waals surface area contributed by atoms with E-state index in [-0.39, 0.29) is 10.8 Å². The first-order valence-electron chi connectivity index (χ1n) is 8.63. The van der Waals surface area contributed by atoms with Crippen LogP contribution in [0.3, 0.4) is 0 Å². The SMILES string of the molecule is CC(C)(C)c1ccc(C(=S)[S-])cc1.CC(C)(C)c1ccc(C(=S)[S-])cc1.[O]=[Mo+2]. The normalized spacial score (nSPS) is 10.6. The standard InChI is InChI=1S/2C11H14S2.Mo.O/c2*1-11(2,3)9-6-4-8(5-7-9)10(12)13;;/h2*4-7H,1-3H3,(H,12,13);;/q;;+2;/p-2. The maximum absolute atomic E-state index is 8.26. The fourth-order valence-corrected chi connectivity index (χ4v) is 2.76. The molecule has 0 N–H and O–H groups in total. The molecule has 0 atom stereocenters. The van der Waals surface area contributed by atoms with Crippen LogP contribution >= 0.6 is 24.4 Å². The Hall–Kier alpha value is -0.452. The summed E-state index contributed by atoms with van der Waals surface area (Å²) in [6.07, 6.45) is 0. The summed E-state index contributed by atoms with van der Waals surface area (Å²) in [6.45, 7) is 13.1. The monoisotopic (exact) mass is 532 g/mol. The van der Waals surface area contributed by atoms with Crippen molar-refractivity contribution in [3.63, 3.8) is 0 Å². The molecule has 0 aliphatic carbocycles.